The average Bonchev–Trinajstić information content (AvgIpc) is 2.28. The predicted molar refractivity (Wildman–Crippen MR) is 61.7 cm³/mol. The van der Waals surface area contributed by atoms with Crippen LogP contribution in [0.1, 0.15) is 52.4 Å². The zero-order valence-electron chi connectivity index (χ0n) is 10.0. The zero-order valence-corrected chi connectivity index (χ0v) is 10.0. The Balaban J connectivity index is 2.34. The third-order valence-corrected chi connectivity index (χ3v) is 3.66. The summed E-state index contributed by atoms with van der Waals surface area (Å²) >= 11 is 0. The summed E-state index contributed by atoms with van der Waals surface area (Å²) in [6.07, 6.45) is 5.72. The van der Waals surface area contributed by atoms with Crippen molar-refractivity contribution in [1.29, 1.82) is 0 Å². The molecule has 3 N–H and O–H groups in total. The van der Waals surface area contributed by atoms with Crippen molar-refractivity contribution in [3.63, 3.8) is 0 Å². The Labute approximate surface area is 93.0 Å². The number of hydrogen-bond acceptors (Lipinski definition) is 3. The van der Waals surface area contributed by atoms with Gasteiger partial charge >= 0.3 is 0 Å². The van der Waals surface area contributed by atoms with Crippen molar-refractivity contribution in [2.75, 3.05) is 6.61 Å². The molecule has 0 spiro atoms. The molecule has 0 aromatic carbocycles. The quantitative estimate of drug-likeness (QED) is 0.735. The minimum atomic E-state index is -0.281. The van der Waals surface area contributed by atoms with Gasteiger partial charge in [0.2, 0.25) is 0 Å². The summed E-state index contributed by atoms with van der Waals surface area (Å²) in [6, 6.07) is 0. The van der Waals surface area contributed by atoms with Gasteiger partial charge in [-0.15, -0.1) is 0 Å². The van der Waals surface area contributed by atoms with Crippen LogP contribution in [0.25, 0.3) is 0 Å². The lowest BCUT2D eigenvalue weighted by Crippen LogP contribution is -2.46. The van der Waals surface area contributed by atoms with Gasteiger partial charge in [0.1, 0.15) is 0 Å². The van der Waals surface area contributed by atoms with E-state index in [1.54, 1.807) is 0 Å². The molecule has 0 radical (unpaired) electrons. The molecule has 0 saturated heterocycles. The summed E-state index contributed by atoms with van der Waals surface area (Å²) in [6.45, 7) is 4.75. The molecule has 0 heterocycles. The molecule has 0 amide bonds. The zero-order chi connectivity index (χ0) is 11.3. The first-order chi connectivity index (χ1) is 7.11. The second kappa shape index (κ2) is 5.83. The van der Waals surface area contributed by atoms with E-state index in [4.69, 9.17) is 10.5 Å². The molecule has 2 atom stereocenters. The number of aliphatic hydroxyl groups excluding tert-OH is 1. The highest BCUT2D eigenvalue weighted by molar-refractivity contribution is 4.83. The first-order valence-electron chi connectivity index (χ1n) is 6.20. The lowest BCUT2D eigenvalue weighted by atomic mass is 9.93. The van der Waals surface area contributed by atoms with Crippen molar-refractivity contribution in [2.24, 2.45) is 5.73 Å². The van der Waals surface area contributed by atoms with Crippen molar-refractivity contribution < 1.29 is 9.84 Å². The van der Waals surface area contributed by atoms with E-state index in [9.17, 15) is 5.11 Å². The van der Waals surface area contributed by atoms with E-state index in [-0.39, 0.29) is 17.7 Å². The molecule has 0 aromatic rings. The van der Waals surface area contributed by atoms with Crippen LogP contribution in [-0.4, -0.2) is 29.5 Å². The van der Waals surface area contributed by atoms with Gasteiger partial charge in [0.05, 0.1) is 18.8 Å². The third-order valence-electron chi connectivity index (χ3n) is 3.66. The van der Waals surface area contributed by atoms with Crippen LogP contribution in [0.4, 0.5) is 0 Å². The fraction of sp³-hybridized carbons (Fsp3) is 1.00. The van der Waals surface area contributed by atoms with Crippen molar-refractivity contribution in [3.8, 4) is 0 Å². The Morgan fingerprint density at radius 1 is 1.27 bits per heavy atom. The van der Waals surface area contributed by atoms with Crippen molar-refractivity contribution in [2.45, 2.75) is 70.1 Å². The van der Waals surface area contributed by atoms with E-state index < -0.39 is 0 Å². The summed E-state index contributed by atoms with van der Waals surface area (Å²) in [4.78, 5) is 0. The Morgan fingerprint density at radius 2 is 1.87 bits per heavy atom. The third kappa shape index (κ3) is 3.74. The summed E-state index contributed by atoms with van der Waals surface area (Å²) in [7, 11) is 0. The summed E-state index contributed by atoms with van der Waals surface area (Å²) in [5.41, 5.74) is 5.94. The molecule has 1 aliphatic rings. The maximum absolute atomic E-state index is 9.75. The Hall–Kier alpha value is -0.120. The Kier molecular flexibility index (Phi) is 5.03. The highest BCUT2D eigenvalue weighted by Gasteiger charge is 2.27. The van der Waals surface area contributed by atoms with Gasteiger partial charge in [0.25, 0.3) is 0 Å². The van der Waals surface area contributed by atoms with Gasteiger partial charge in [-0.2, -0.15) is 0 Å². The van der Waals surface area contributed by atoms with Gasteiger partial charge in [0.15, 0.2) is 0 Å². The summed E-state index contributed by atoms with van der Waals surface area (Å²) < 4.78 is 5.77. The molecule has 15 heavy (non-hydrogen) atoms. The molecule has 0 aromatic heterocycles. The number of rotatable bonds is 5. The van der Waals surface area contributed by atoms with E-state index in [0.717, 1.165) is 38.5 Å². The molecule has 0 bridgehead atoms. The van der Waals surface area contributed by atoms with Crippen LogP contribution in [0.3, 0.4) is 0 Å². The number of aliphatic hydroxyl groups is 1. The molecule has 1 fully saturated rings. The monoisotopic (exact) mass is 215 g/mol. The lowest BCUT2D eigenvalue weighted by Gasteiger charge is -2.33. The van der Waals surface area contributed by atoms with Gasteiger partial charge in [-0.1, -0.05) is 26.7 Å². The van der Waals surface area contributed by atoms with Gasteiger partial charge in [-0.25, -0.2) is 0 Å². The number of hydrogen-bond donors (Lipinski definition) is 2. The maximum atomic E-state index is 9.75. The van der Waals surface area contributed by atoms with Gasteiger partial charge in [0, 0.05) is 5.54 Å². The molecule has 3 heteroatoms. The summed E-state index contributed by atoms with van der Waals surface area (Å²) in [5, 5.41) is 9.75. The highest BCUT2D eigenvalue weighted by atomic mass is 16.5. The highest BCUT2D eigenvalue weighted by Crippen LogP contribution is 2.23. The van der Waals surface area contributed by atoms with Crippen molar-refractivity contribution in [3.05, 3.63) is 0 Å². The molecular weight excluding hydrogens is 190 g/mol. The van der Waals surface area contributed by atoms with Crippen LogP contribution in [0.15, 0.2) is 0 Å². The van der Waals surface area contributed by atoms with Crippen molar-refractivity contribution in [1.82, 2.24) is 0 Å². The van der Waals surface area contributed by atoms with E-state index in [2.05, 4.69) is 13.8 Å². The maximum Gasteiger partial charge on any atom is 0.0834 e. The largest absolute Gasteiger partial charge is 0.390 e. The first kappa shape index (κ1) is 12.9. The second-order valence-corrected chi connectivity index (χ2v) is 4.77. The molecule has 2 unspecified atom stereocenters. The molecule has 0 aliphatic heterocycles. The van der Waals surface area contributed by atoms with Crippen LogP contribution < -0.4 is 5.73 Å². The number of nitrogens with two attached hydrogens (primary N) is 1. The normalized spacial score (nSPS) is 28.0. The van der Waals surface area contributed by atoms with Gasteiger partial charge in [-0.3, -0.25) is 0 Å². The standard InChI is InChI=1S/C12H25NO2/c1-3-12(13,4-2)9-15-11-8-6-5-7-10(11)14/h10-11,14H,3-9,13H2,1-2H3. The van der Waals surface area contributed by atoms with E-state index in [0.29, 0.717) is 6.61 Å². The topological polar surface area (TPSA) is 55.5 Å². The minimum absolute atomic E-state index is 0.0137. The number of ether oxygens (including phenoxy) is 1. The van der Waals surface area contributed by atoms with Gasteiger partial charge in [-0.05, 0) is 25.7 Å². The molecule has 1 rings (SSSR count). The lowest BCUT2D eigenvalue weighted by molar-refractivity contribution is -0.0735. The van der Waals surface area contributed by atoms with Crippen LogP contribution in [-0.2, 0) is 4.74 Å². The van der Waals surface area contributed by atoms with Crippen LogP contribution in [0.5, 0.6) is 0 Å². The Bertz CT molecular complexity index is 180. The molecule has 90 valence electrons. The van der Waals surface area contributed by atoms with Crippen LogP contribution in [0.2, 0.25) is 0 Å². The summed E-state index contributed by atoms with van der Waals surface area (Å²) in [5.74, 6) is 0. The van der Waals surface area contributed by atoms with E-state index in [1.165, 1.54) is 0 Å². The van der Waals surface area contributed by atoms with E-state index in [1.807, 2.05) is 0 Å². The molecule has 3 nitrogen and oxygen atoms in total. The predicted octanol–water partition coefficient (Wildman–Crippen LogP) is 1.82. The molecule has 1 aliphatic carbocycles. The van der Waals surface area contributed by atoms with Gasteiger partial charge < -0.3 is 15.6 Å². The van der Waals surface area contributed by atoms with Crippen molar-refractivity contribution >= 4 is 0 Å². The first-order valence-corrected chi connectivity index (χ1v) is 6.20. The minimum Gasteiger partial charge on any atom is -0.390 e. The van der Waals surface area contributed by atoms with Crippen LogP contribution in [0, 0.1) is 0 Å². The van der Waals surface area contributed by atoms with E-state index >= 15 is 0 Å². The second-order valence-electron chi connectivity index (χ2n) is 4.77. The Morgan fingerprint density at radius 3 is 2.40 bits per heavy atom. The SMILES string of the molecule is CCC(N)(CC)COC1CCCCC1O. The average molecular weight is 215 g/mol. The molecular formula is C12H25NO2. The fourth-order valence-electron chi connectivity index (χ4n) is 2.00. The van der Waals surface area contributed by atoms with Crippen LogP contribution >= 0.6 is 0 Å². The fourth-order valence-corrected chi connectivity index (χ4v) is 2.00. The smallest absolute Gasteiger partial charge is 0.0834 e. The molecule has 1 saturated carbocycles.